The van der Waals surface area contributed by atoms with Gasteiger partial charge in [-0.2, -0.15) is 0 Å². The van der Waals surface area contributed by atoms with E-state index in [2.05, 4.69) is 39.7 Å². The van der Waals surface area contributed by atoms with Gasteiger partial charge in [-0.1, -0.05) is 37.6 Å². The summed E-state index contributed by atoms with van der Waals surface area (Å²) in [5.74, 6) is -9.18. The zero-order valence-corrected chi connectivity index (χ0v) is 61.8. The highest BCUT2D eigenvalue weighted by Crippen LogP contribution is 2.25. The SMILES string of the molecule is CC(=O)OC[C@@H](OC(C)=O)[C@@H](OC(C)=O)[C@H](OC(C)=O)[C@H](CN(C)C(=O)c1ccc(CN(Cc2ccccn2)Cc2ccccn2)nc1)OC(C)=O.CCC[C@H](OC(C)=O)[C@@H](OC(C)=O)[C@H](OC(C)=O)[C@@H](COC(C)=O)OC(C)=O.Cl.O=C(O)c1ccc(CN(Cc2ccccn2)Cc2ccccn2)nc1. The topological polar surface area (TPSA) is 404 Å². The van der Waals surface area contributed by atoms with Crippen LogP contribution in [-0.4, -0.2) is 197 Å². The molecular weight excluding hydrogens is 1410 g/mol. The second-order valence-corrected chi connectivity index (χ2v) is 23.4. The fraction of sp³-hybridized carbons (Fsp3) is 0.425. The molecule has 0 aromatic carbocycles. The predicted octanol–water partition coefficient (Wildman–Crippen LogP) is 6.71. The molecule has 33 heteroatoms. The number of hydrogen-bond acceptors (Lipinski definition) is 30. The summed E-state index contributed by atoms with van der Waals surface area (Å²) in [6.45, 7) is 14.8. The summed E-state index contributed by atoms with van der Waals surface area (Å²) in [4.78, 5) is 174. The number of hydrogen-bond donors (Lipinski definition) is 1. The molecule has 0 aliphatic heterocycles. The lowest BCUT2D eigenvalue weighted by Crippen LogP contribution is -2.55. The Morgan fingerprint density at radius 1 is 0.358 bits per heavy atom. The van der Waals surface area contributed by atoms with E-state index in [0.717, 1.165) is 90.8 Å². The molecule has 6 rings (SSSR count). The van der Waals surface area contributed by atoms with Gasteiger partial charge in [0.2, 0.25) is 0 Å². The van der Waals surface area contributed by atoms with Crippen LogP contribution in [0.25, 0.3) is 0 Å². The normalized spacial score (nSPS) is 12.8. The quantitative estimate of drug-likeness (QED) is 0.0315. The Kier molecular flexibility index (Phi) is 39.6. The Labute approximate surface area is 619 Å². The van der Waals surface area contributed by atoms with E-state index in [-0.39, 0.29) is 36.5 Å². The number of carbonyl (C=O) groups excluding carboxylic acids is 11. The summed E-state index contributed by atoms with van der Waals surface area (Å²) in [6, 6.07) is 29.6. The molecule has 1 N–H and O–H groups in total. The number of halogens is 1. The van der Waals surface area contributed by atoms with E-state index in [1.54, 1.807) is 49.1 Å². The van der Waals surface area contributed by atoms with Gasteiger partial charge >= 0.3 is 65.7 Å². The van der Waals surface area contributed by atoms with Crippen molar-refractivity contribution in [1.82, 2.24) is 44.6 Å². The molecule has 0 saturated heterocycles. The summed E-state index contributed by atoms with van der Waals surface area (Å²) in [6.07, 6.45) is -0.501. The molecule has 0 fully saturated rings. The molecule has 6 aromatic rings. The van der Waals surface area contributed by atoms with Crippen molar-refractivity contribution < 1.29 is 110 Å². The molecule has 32 nitrogen and oxygen atoms in total. The highest BCUT2D eigenvalue weighted by molar-refractivity contribution is 5.93. The first-order valence-corrected chi connectivity index (χ1v) is 33.0. The molecule has 0 saturated carbocycles. The van der Waals surface area contributed by atoms with Crippen LogP contribution in [0.15, 0.2) is 134 Å². The lowest BCUT2D eigenvalue weighted by atomic mass is 9.99. The van der Waals surface area contributed by atoms with Gasteiger partial charge in [-0.3, -0.25) is 92.4 Å². The number of carboxylic acids is 1. The largest absolute Gasteiger partial charge is 0.478 e. The fourth-order valence-electron chi connectivity index (χ4n) is 10.1. The Morgan fingerprint density at radius 2 is 0.642 bits per heavy atom. The minimum absolute atomic E-state index is 0. The first-order valence-electron chi connectivity index (χ1n) is 33.0. The lowest BCUT2D eigenvalue weighted by molar-refractivity contribution is -0.203. The van der Waals surface area contributed by atoms with Crippen LogP contribution in [-0.2, 0) is 135 Å². The van der Waals surface area contributed by atoms with E-state index in [1.165, 1.54) is 31.3 Å². The summed E-state index contributed by atoms with van der Waals surface area (Å²) in [5.41, 5.74) is 5.50. The molecule has 0 bridgehead atoms. The minimum Gasteiger partial charge on any atom is -0.478 e. The first-order chi connectivity index (χ1) is 49.9. The average Bonchev–Trinajstić information content (AvgIpc) is 0.820. The van der Waals surface area contributed by atoms with Crippen molar-refractivity contribution in [1.29, 1.82) is 0 Å². The fourth-order valence-corrected chi connectivity index (χ4v) is 10.1. The summed E-state index contributed by atoms with van der Waals surface area (Å²) in [5, 5.41) is 8.98. The Bertz CT molecular complexity index is 3700. The average molecular weight is 1500 g/mol. The summed E-state index contributed by atoms with van der Waals surface area (Å²) >= 11 is 0. The third kappa shape index (κ3) is 34.8. The summed E-state index contributed by atoms with van der Waals surface area (Å²) < 4.78 is 52.5. The number of likely N-dealkylation sites (N-methyl/N-ethyl adjacent to an activating group) is 1. The number of nitrogens with zero attached hydrogens (tertiary/aromatic N) is 9. The zero-order chi connectivity index (χ0) is 77.5. The molecule has 572 valence electrons. The van der Waals surface area contributed by atoms with E-state index < -0.39 is 134 Å². The molecule has 106 heavy (non-hydrogen) atoms. The highest BCUT2D eigenvalue weighted by Gasteiger charge is 2.46. The van der Waals surface area contributed by atoms with Gasteiger partial charge < -0.3 is 57.4 Å². The van der Waals surface area contributed by atoms with Crippen molar-refractivity contribution >= 4 is 84.0 Å². The predicted molar refractivity (Wildman–Crippen MR) is 375 cm³/mol. The smallest absolute Gasteiger partial charge is 0.337 e. The number of esters is 10. The Morgan fingerprint density at radius 3 is 0.906 bits per heavy atom. The number of amides is 1. The molecule has 0 spiro atoms. The minimum atomic E-state index is -1.63. The molecule has 0 aliphatic carbocycles. The number of ether oxygens (including phenoxy) is 10. The van der Waals surface area contributed by atoms with Gasteiger partial charge in [0.1, 0.15) is 19.3 Å². The lowest BCUT2D eigenvalue weighted by Gasteiger charge is -2.36. The number of rotatable bonds is 36. The standard InChI is InChI=1S/C36H43N5O11.C19H18N4O2.C18H28O10.ClH/c1-23(42)48-22-33(50-25(3)44)35(52-27(5)46)34(51-26(4)45)32(49-24(2)43)21-40(6)36(47)28-13-14-31(39-17-28)20-41(18-29-11-7-9-15-37-29)19-30-12-8-10-16-38-30;24-19(25)15-7-8-18(22-11-15)14-23(12-16-5-1-3-9-20-16)13-17-6-2-4-10-21-17;1-7-8-15(25-11(3)20)17(27-13(5)22)18(28-14(6)23)16(26-12(4)21)9-24-10(2)19;/h7-17,32-35H,18-22H2,1-6H3;1-11H,12-14H2,(H,24,25);15-18H,7-9H2,1-6H3;1H/t32-,33+,34+,35+;;15-,16+,17+,18+;/m0.0./s1. The van der Waals surface area contributed by atoms with Crippen LogP contribution in [0.4, 0.5) is 0 Å². The maximum atomic E-state index is 13.6. The first kappa shape index (κ1) is 89.0. The number of aromatic nitrogens is 6. The van der Waals surface area contributed by atoms with Crippen molar-refractivity contribution in [2.45, 2.75) is 177 Å². The maximum Gasteiger partial charge on any atom is 0.337 e. The van der Waals surface area contributed by atoms with E-state index in [4.69, 9.17) is 52.5 Å². The van der Waals surface area contributed by atoms with E-state index in [1.807, 2.05) is 79.7 Å². The maximum absolute atomic E-state index is 13.6. The second-order valence-electron chi connectivity index (χ2n) is 23.4. The number of aromatic carboxylic acids is 1. The van der Waals surface area contributed by atoms with Gasteiger partial charge in [0.15, 0.2) is 42.7 Å². The monoisotopic (exact) mass is 1500 g/mol. The third-order valence-electron chi connectivity index (χ3n) is 14.2. The van der Waals surface area contributed by atoms with E-state index in [0.29, 0.717) is 51.4 Å². The van der Waals surface area contributed by atoms with Gasteiger partial charge in [-0.05, 0) is 79.2 Å². The molecule has 0 unspecified atom stereocenters. The number of carbonyl (C=O) groups is 12. The molecule has 0 radical (unpaired) electrons. The number of carboxylic acid groups (broad SMARTS) is 1. The zero-order valence-electron chi connectivity index (χ0n) is 61.0. The van der Waals surface area contributed by atoms with Crippen molar-refractivity contribution in [2.75, 3.05) is 26.8 Å². The van der Waals surface area contributed by atoms with Crippen molar-refractivity contribution in [3.63, 3.8) is 0 Å². The van der Waals surface area contributed by atoms with Crippen molar-refractivity contribution in [3.8, 4) is 0 Å². The molecule has 6 heterocycles. The Hall–Kier alpha value is -11.3. The van der Waals surface area contributed by atoms with Crippen LogP contribution >= 0.6 is 12.4 Å². The van der Waals surface area contributed by atoms with Crippen molar-refractivity contribution in [2.24, 2.45) is 0 Å². The summed E-state index contributed by atoms with van der Waals surface area (Å²) in [7, 11) is 1.42. The second kappa shape index (κ2) is 47.2. The Balaban J connectivity index is 0.000000453. The van der Waals surface area contributed by atoms with Crippen LogP contribution in [0.2, 0.25) is 0 Å². The number of pyridine rings is 6. The van der Waals surface area contributed by atoms with Gasteiger partial charge in [-0.15, -0.1) is 12.4 Å². The third-order valence-corrected chi connectivity index (χ3v) is 14.2. The van der Waals surface area contributed by atoms with Crippen LogP contribution in [0.3, 0.4) is 0 Å². The van der Waals surface area contributed by atoms with Crippen LogP contribution in [0.5, 0.6) is 0 Å². The van der Waals surface area contributed by atoms with Crippen LogP contribution < -0.4 is 0 Å². The van der Waals surface area contributed by atoms with Gasteiger partial charge in [-0.25, -0.2) is 4.79 Å². The van der Waals surface area contributed by atoms with Gasteiger partial charge in [0.05, 0.1) is 51.8 Å². The van der Waals surface area contributed by atoms with Gasteiger partial charge in [0, 0.05) is 153 Å². The van der Waals surface area contributed by atoms with Crippen LogP contribution in [0.1, 0.15) is 144 Å². The highest BCUT2D eigenvalue weighted by atomic mass is 35.5. The van der Waals surface area contributed by atoms with E-state index >= 15 is 0 Å². The molecule has 6 aromatic heterocycles. The van der Waals surface area contributed by atoms with Crippen molar-refractivity contribution in [3.05, 3.63) is 180 Å². The molecule has 8 atom stereocenters. The van der Waals surface area contributed by atoms with Gasteiger partial charge in [0.25, 0.3) is 5.91 Å². The molecule has 0 aliphatic rings. The van der Waals surface area contributed by atoms with E-state index in [9.17, 15) is 57.5 Å². The molecular formula is C73H90ClN9O23. The van der Waals surface area contributed by atoms with Crippen LogP contribution in [0, 0.1) is 0 Å². The molecule has 1 amide bonds.